The lowest BCUT2D eigenvalue weighted by Gasteiger charge is -2.19. The number of carbonyl (C=O) groups excluding carboxylic acids is 2. The van der Waals surface area contributed by atoms with Crippen LogP contribution in [0.25, 0.3) is 10.8 Å². The first-order valence-electron chi connectivity index (χ1n) is 7.36. The third-order valence-electron chi connectivity index (χ3n) is 4.26. The lowest BCUT2D eigenvalue weighted by Crippen LogP contribution is -2.22. The van der Waals surface area contributed by atoms with E-state index in [0.29, 0.717) is 16.7 Å². The van der Waals surface area contributed by atoms with Crippen molar-refractivity contribution < 1.29 is 9.59 Å². The second-order valence-corrected chi connectivity index (χ2v) is 5.85. The number of carbonyl (C=O) groups is 2. The average molecular weight is 302 g/mol. The Morgan fingerprint density at radius 2 is 1.70 bits per heavy atom. The van der Waals surface area contributed by atoms with Gasteiger partial charge in [-0.05, 0) is 41.1 Å². The zero-order valence-corrected chi connectivity index (χ0v) is 12.8. The Morgan fingerprint density at radius 1 is 0.913 bits per heavy atom. The molecular weight excluding hydrogens is 288 g/mol. The first kappa shape index (κ1) is 13.6. The summed E-state index contributed by atoms with van der Waals surface area (Å²) < 4.78 is 0. The van der Waals surface area contributed by atoms with E-state index in [4.69, 9.17) is 0 Å². The van der Waals surface area contributed by atoms with Gasteiger partial charge in [-0.3, -0.25) is 14.6 Å². The highest BCUT2D eigenvalue weighted by Crippen LogP contribution is 2.33. The lowest BCUT2D eigenvalue weighted by atomic mass is 9.84. The smallest absolute Gasteiger partial charge is 0.212 e. The third-order valence-corrected chi connectivity index (χ3v) is 4.26. The molecule has 4 heteroatoms. The molecule has 4 rings (SSSR count). The molecule has 23 heavy (non-hydrogen) atoms. The van der Waals surface area contributed by atoms with E-state index in [-0.39, 0.29) is 17.3 Å². The van der Waals surface area contributed by atoms with Gasteiger partial charge in [0, 0.05) is 37.1 Å². The van der Waals surface area contributed by atoms with Crippen LogP contribution in [0.5, 0.6) is 0 Å². The summed E-state index contributed by atoms with van der Waals surface area (Å²) in [6.45, 7) is 0. The van der Waals surface area contributed by atoms with Crippen LogP contribution in [-0.4, -0.2) is 30.6 Å². The number of anilines is 1. The van der Waals surface area contributed by atoms with Crippen molar-refractivity contribution in [2.45, 2.75) is 0 Å². The Kier molecular flexibility index (Phi) is 2.81. The van der Waals surface area contributed by atoms with Gasteiger partial charge in [-0.1, -0.05) is 12.1 Å². The molecule has 112 valence electrons. The maximum atomic E-state index is 12.9. The Morgan fingerprint density at radius 3 is 2.48 bits per heavy atom. The lowest BCUT2D eigenvalue weighted by molar-refractivity contribution is 0.0976. The van der Waals surface area contributed by atoms with E-state index in [1.807, 2.05) is 43.3 Å². The van der Waals surface area contributed by atoms with E-state index >= 15 is 0 Å². The topological polar surface area (TPSA) is 50.3 Å². The fraction of sp³-hybridized carbons (Fsp3) is 0.105. The van der Waals surface area contributed by atoms with Gasteiger partial charge in [-0.2, -0.15) is 0 Å². The van der Waals surface area contributed by atoms with E-state index in [2.05, 4.69) is 4.98 Å². The number of aromatic nitrogens is 1. The fourth-order valence-corrected chi connectivity index (χ4v) is 3.05. The van der Waals surface area contributed by atoms with Crippen molar-refractivity contribution in [3.05, 3.63) is 71.0 Å². The molecule has 0 bridgehead atoms. The van der Waals surface area contributed by atoms with Gasteiger partial charge in [0.15, 0.2) is 5.78 Å². The van der Waals surface area contributed by atoms with Crippen LogP contribution in [0.1, 0.15) is 32.0 Å². The summed E-state index contributed by atoms with van der Waals surface area (Å²) in [5.41, 5.74) is 2.53. The van der Waals surface area contributed by atoms with Crippen molar-refractivity contribution in [2.24, 2.45) is 0 Å². The van der Waals surface area contributed by atoms with Crippen LogP contribution in [0.3, 0.4) is 0 Å². The zero-order valence-electron chi connectivity index (χ0n) is 12.8. The molecule has 0 atom stereocenters. The molecule has 0 saturated carbocycles. The molecule has 0 unspecified atom stereocenters. The normalized spacial score (nSPS) is 13.0. The molecule has 2 aromatic carbocycles. The summed E-state index contributed by atoms with van der Waals surface area (Å²) in [5, 5.41) is 1.75. The fourth-order valence-electron chi connectivity index (χ4n) is 3.05. The highest BCUT2D eigenvalue weighted by molar-refractivity contribution is 6.31. The summed E-state index contributed by atoms with van der Waals surface area (Å²) in [4.78, 5) is 31.7. The largest absolute Gasteiger partial charge is 0.378 e. The van der Waals surface area contributed by atoms with Crippen molar-refractivity contribution in [2.75, 3.05) is 19.0 Å². The van der Waals surface area contributed by atoms with Crippen LogP contribution in [0.4, 0.5) is 5.69 Å². The van der Waals surface area contributed by atoms with Crippen molar-refractivity contribution in [1.29, 1.82) is 0 Å². The van der Waals surface area contributed by atoms with Gasteiger partial charge in [0.1, 0.15) is 5.69 Å². The maximum Gasteiger partial charge on any atom is 0.212 e. The third kappa shape index (κ3) is 1.88. The first-order valence-corrected chi connectivity index (χ1v) is 7.36. The average Bonchev–Trinajstić information content (AvgIpc) is 2.58. The van der Waals surface area contributed by atoms with E-state index in [1.54, 1.807) is 24.4 Å². The van der Waals surface area contributed by atoms with Gasteiger partial charge >= 0.3 is 0 Å². The molecule has 0 saturated heterocycles. The van der Waals surface area contributed by atoms with E-state index < -0.39 is 0 Å². The summed E-state index contributed by atoms with van der Waals surface area (Å²) in [7, 11) is 3.89. The van der Waals surface area contributed by atoms with Crippen molar-refractivity contribution in [3.63, 3.8) is 0 Å². The summed E-state index contributed by atoms with van der Waals surface area (Å²) in [6, 6.07) is 12.9. The second kappa shape index (κ2) is 4.74. The van der Waals surface area contributed by atoms with E-state index in [1.165, 1.54) is 0 Å². The molecule has 0 radical (unpaired) electrons. The van der Waals surface area contributed by atoms with Crippen molar-refractivity contribution in [3.8, 4) is 0 Å². The maximum absolute atomic E-state index is 12.9. The van der Waals surface area contributed by atoms with Crippen LogP contribution in [-0.2, 0) is 0 Å². The number of benzene rings is 2. The molecule has 1 aliphatic rings. The van der Waals surface area contributed by atoms with Gasteiger partial charge < -0.3 is 4.90 Å². The summed E-state index contributed by atoms with van der Waals surface area (Å²) in [5.74, 6) is -0.323. The molecule has 1 heterocycles. The number of hydrogen-bond donors (Lipinski definition) is 0. The standard InChI is InChI=1S/C19H14N2O2/c1-21(2)12-7-5-11-6-8-13-16(15(11)10-12)18(22)14-4-3-9-20-17(14)19(13)23/h3-10H,1-2H3. The van der Waals surface area contributed by atoms with Gasteiger partial charge in [0.05, 0.1) is 5.56 Å². The number of fused-ring (bicyclic) bond motifs is 4. The molecule has 1 aliphatic carbocycles. The first-order chi connectivity index (χ1) is 11.1. The second-order valence-electron chi connectivity index (χ2n) is 5.85. The predicted molar refractivity (Wildman–Crippen MR) is 89.4 cm³/mol. The number of nitrogens with zero attached hydrogens (tertiary/aromatic N) is 2. The SMILES string of the molecule is CN(C)c1ccc2ccc3c(c2c1)C(=O)c1cccnc1C3=O. The summed E-state index contributed by atoms with van der Waals surface area (Å²) in [6.07, 6.45) is 1.54. The molecule has 1 aromatic heterocycles. The monoisotopic (exact) mass is 302 g/mol. The Bertz CT molecular complexity index is 990. The molecule has 0 aliphatic heterocycles. The minimum Gasteiger partial charge on any atom is -0.378 e. The van der Waals surface area contributed by atoms with Crippen LogP contribution >= 0.6 is 0 Å². The zero-order chi connectivity index (χ0) is 16.1. The molecule has 0 N–H and O–H groups in total. The Hall–Kier alpha value is -3.01. The quantitative estimate of drug-likeness (QED) is 0.542. The summed E-state index contributed by atoms with van der Waals surface area (Å²) >= 11 is 0. The Labute approximate surface area is 133 Å². The highest BCUT2D eigenvalue weighted by atomic mass is 16.1. The number of hydrogen-bond acceptors (Lipinski definition) is 4. The van der Waals surface area contributed by atoms with Crippen LogP contribution in [0, 0.1) is 0 Å². The van der Waals surface area contributed by atoms with Crippen LogP contribution in [0.15, 0.2) is 48.7 Å². The Balaban J connectivity index is 2.07. The van der Waals surface area contributed by atoms with Crippen LogP contribution < -0.4 is 4.90 Å². The predicted octanol–water partition coefficient (Wildman–Crippen LogP) is 3.08. The molecule has 0 fully saturated rings. The van der Waals surface area contributed by atoms with Crippen LogP contribution in [0.2, 0.25) is 0 Å². The molecule has 0 amide bonds. The van der Waals surface area contributed by atoms with Gasteiger partial charge in [0.25, 0.3) is 0 Å². The highest BCUT2D eigenvalue weighted by Gasteiger charge is 2.31. The van der Waals surface area contributed by atoms with E-state index in [9.17, 15) is 9.59 Å². The molecule has 0 spiro atoms. The van der Waals surface area contributed by atoms with Crippen molar-refractivity contribution in [1.82, 2.24) is 4.98 Å². The van der Waals surface area contributed by atoms with Crippen molar-refractivity contribution >= 4 is 28.0 Å². The minimum atomic E-state index is -0.188. The van der Waals surface area contributed by atoms with Gasteiger partial charge in [-0.15, -0.1) is 0 Å². The minimum absolute atomic E-state index is 0.135. The van der Waals surface area contributed by atoms with Gasteiger partial charge in [-0.25, -0.2) is 0 Å². The number of pyridine rings is 1. The molecular formula is C19H14N2O2. The molecule has 4 nitrogen and oxygen atoms in total. The number of ketones is 2. The molecule has 3 aromatic rings. The number of rotatable bonds is 1. The van der Waals surface area contributed by atoms with Gasteiger partial charge in [0.2, 0.25) is 5.78 Å². The van der Waals surface area contributed by atoms with E-state index in [0.717, 1.165) is 16.5 Å².